The van der Waals surface area contributed by atoms with Gasteiger partial charge in [-0.1, -0.05) is 0 Å². The van der Waals surface area contributed by atoms with E-state index in [0.29, 0.717) is 0 Å². The lowest BCUT2D eigenvalue weighted by molar-refractivity contribution is 0.232. The minimum absolute atomic E-state index is 0.0824. The zero-order valence-electron chi connectivity index (χ0n) is 12.5. The Morgan fingerprint density at radius 3 is 2.57 bits per heavy atom. The number of rotatable bonds is 4. The third-order valence-corrected chi connectivity index (χ3v) is 3.20. The van der Waals surface area contributed by atoms with Crippen molar-refractivity contribution in [1.82, 2.24) is 0 Å². The number of hydrogen-bond acceptors (Lipinski definition) is 7. The predicted octanol–water partition coefficient (Wildman–Crippen LogP) is 2.28. The van der Waals surface area contributed by atoms with Gasteiger partial charge in [0.05, 0.1) is 6.61 Å². The highest BCUT2D eigenvalue weighted by atomic mass is 16.5. The van der Waals surface area contributed by atoms with Crippen LogP contribution in [0.3, 0.4) is 0 Å². The predicted molar refractivity (Wildman–Crippen MR) is 82.6 cm³/mol. The standard InChI is InChI=1S/C16H16O7/c1-8-13(11(18)5-6-22-2)14(20)15(21)16(23-8)9-3-4-10(17)12(19)7-9/h3-5,7,17-19,21H,6H2,1-2H3/b11-5+. The SMILES string of the molecule is COC/C=C(/O)c1c(C)oc(-c2ccc(O)c(O)c2)c(O)c1=O. The van der Waals surface area contributed by atoms with Gasteiger partial charge in [-0.15, -0.1) is 0 Å². The van der Waals surface area contributed by atoms with Crippen LogP contribution in [0.15, 0.2) is 33.5 Å². The number of aryl methyl sites for hydroxylation is 1. The normalized spacial score (nSPS) is 11.7. The first kappa shape index (κ1) is 16.4. The molecule has 2 aromatic rings. The molecule has 122 valence electrons. The molecule has 0 spiro atoms. The number of phenols is 2. The largest absolute Gasteiger partial charge is 0.507 e. The molecule has 0 unspecified atom stereocenters. The Kier molecular flexibility index (Phi) is 4.61. The van der Waals surface area contributed by atoms with E-state index in [1.165, 1.54) is 32.2 Å². The van der Waals surface area contributed by atoms with Crippen LogP contribution in [0.1, 0.15) is 11.3 Å². The molecule has 0 aliphatic rings. The summed E-state index contributed by atoms with van der Waals surface area (Å²) in [4.78, 5) is 12.3. The Morgan fingerprint density at radius 1 is 1.26 bits per heavy atom. The van der Waals surface area contributed by atoms with E-state index in [1.54, 1.807) is 0 Å². The molecule has 0 amide bonds. The van der Waals surface area contributed by atoms with Crippen molar-refractivity contribution in [3.8, 4) is 28.6 Å². The molecule has 0 bridgehead atoms. The number of aromatic hydroxyl groups is 3. The second-order valence-corrected chi connectivity index (χ2v) is 4.79. The maximum absolute atomic E-state index is 12.3. The van der Waals surface area contributed by atoms with Crippen molar-refractivity contribution in [1.29, 1.82) is 0 Å². The van der Waals surface area contributed by atoms with Crippen LogP contribution in [0, 0.1) is 6.92 Å². The lowest BCUT2D eigenvalue weighted by Crippen LogP contribution is -2.11. The summed E-state index contributed by atoms with van der Waals surface area (Å²) in [7, 11) is 1.43. The zero-order valence-corrected chi connectivity index (χ0v) is 12.5. The molecule has 7 heteroatoms. The summed E-state index contributed by atoms with van der Waals surface area (Å²) in [6.45, 7) is 1.54. The average molecular weight is 320 g/mol. The molecule has 0 saturated heterocycles. The van der Waals surface area contributed by atoms with Crippen LogP contribution in [-0.2, 0) is 4.74 Å². The van der Waals surface area contributed by atoms with Gasteiger partial charge in [0.15, 0.2) is 17.3 Å². The van der Waals surface area contributed by atoms with Crippen LogP contribution >= 0.6 is 0 Å². The van der Waals surface area contributed by atoms with Gasteiger partial charge in [-0.2, -0.15) is 0 Å². The summed E-state index contributed by atoms with van der Waals surface area (Å²) in [5.41, 5.74) is -0.794. The van der Waals surface area contributed by atoms with Crippen LogP contribution in [0.25, 0.3) is 17.1 Å². The second-order valence-electron chi connectivity index (χ2n) is 4.79. The lowest BCUT2D eigenvalue weighted by Gasteiger charge is -2.10. The molecule has 23 heavy (non-hydrogen) atoms. The fourth-order valence-electron chi connectivity index (χ4n) is 2.06. The van der Waals surface area contributed by atoms with E-state index < -0.39 is 16.9 Å². The molecule has 0 aliphatic heterocycles. The van der Waals surface area contributed by atoms with E-state index in [0.717, 1.165) is 6.07 Å². The summed E-state index contributed by atoms with van der Waals surface area (Å²) in [5.74, 6) is -1.94. The first-order valence-electron chi connectivity index (χ1n) is 6.64. The van der Waals surface area contributed by atoms with Crippen molar-refractivity contribution in [2.45, 2.75) is 6.92 Å². The summed E-state index contributed by atoms with van der Waals surface area (Å²) in [6.07, 6.45) is 1.27. The van der Waals surface area contributed by atoms with Gasteiger partial charge in [0.1, 0.15) is 17.1 Å². The maximum atomic E-state index is 12.3. The van der Waals surface area contributed by atoms with Gasteiger partial charge in [-0.05, 0) is 31.2 Å². The molecule has 0 fully saturated rings. The highest BCUT2D eigenvalue weighted by Crippen LogP contribution is 2.35. The first-order chi connectivity index (χ1) is 10.9. The van der Waals surface area contributed by atoms with Crippen molar-refractivity contribution in [2.24, 2.45) is 0 Å². The number of methoxy groups -OCH3 is 1. The molecule has 2 rings (SSSR count). The van der Waals surface area contributed by atoms with Crippen LogP contribution in [0.5, 0.6) is 17.2 Å². The molecule has 7 nitrogen and oxygen atoms in total. The Hall–Kier alpha value is -2.93. The summed E-state index contributed by atoms with van der Waals surface area (Å²) in [6, 6.07) is 3.71. The van der Waals surface area contributed by atoms with Crippen molar-refractivity contribution in [3.63, 3.8) is 0 Å². The third-order valence-electron chi connectivity index (χ3n) is 3.20. The minimum Gasteiger partial charge on any atom is -0.507 e. The van der Waals surface area contributed by atoms with Gasteiger partial charge in [-0.25, -0.2) is 0 Å². The van der Waals surface area contributed by atoms with Crippen LogP contribution in [0.2, 0.25) is 0 Å². The quantitative estimate of drug-likeness (QED) is 0.504. The van der Waals surface area contributed by atoms with E-state index in [1.807, 2.05) is 0 Å². The fraction of sp³-hybridized carbons (Fsp3) is 0.188. The van der Waals surface area contributed by atoms with E-state index in [2.05, 4.69) is 0 Å². The van der Waals surface area contributed by atoms with Gasteiger partial charge in [0.25, 0.3) is 0 Å². The molecule has 0 saturated carbocycles. The number of benzene rings is 1. The summed E-state index contributed by atoms with van der Waals surface area (Å²) in [5, 5.41) is 38.8. The monoisotopic (exact) mass is 320 g/mol. The van der Waals surface area contributed by atoms with Crippen LogP contribution in [0.4, 0.5) is 0 Å². The number of aliphatic hydroxyl groups is 1. The van der Waals surface area contributed by atoms with Gasteiger partial charge < -0.3 is 29.6 Å². The summed E-state index contributed by atoms with van der Waals surface area (Å²) < 4.78 is 10.2. The molecule has 1 aromatic carbocycles. The van der Waals surface area contributed by atoms with Crippen molar-refractivity contribution >= 4 is 5.76 Å². The van der Waals surface area contributed by atoms with E-state index in [4.69, 9.17) is 9.15 Å². The third kappa shape index (κ3) is 3.14. The highest BCUT2D eigenvalue weighted by molar-refractivity contribution is 5.70. The first-order valence-corrected chi connectivity index (χ1v) is 6.64. The number of aliphatic hydroxyl groups excluding tert-OH is 1. The van der Waals surface area contributed by atoms with Gasteiger partial charge in [0, 0.05) is 12.7 Å². The number of hydrogen-bond donors (Lipinski definition) is 4. The van der Waals surface area contributed by atoms with Crippen LogP contribution < -0.4 is 5.43 Å². The van der Waals surface area contributed by atoms with Gasteiger partial charge in [-0.3, -0.25) is 4.79 Å². The Labute approximate surface area is 131 Å². The van der Waals surface area contributed by atoms with Gasteiger partial charge in [0.2, 0.25) is 11.2 Å². The van der Waals surface area contributed by atoms with Crippen LogP contribution in [-0.4, -0.2) is 34.1 Å². The molecule has 0 aliphatic carbocycles. The molecular weight excluding hydrogens is 304 g/mol. The minimum atomic E-state index is -0.818. The van der Waals surface area contributed by atoms with E-state index in [9.17, 15) is 25.2 Å². The van der Waals surface area contributed by atoms with Crippen molar-refractivity contribution in [3.05, 3.63) is 45.8 Å². The maximum Gasteiger partial charge on any atom is 0.238 e. The van der Waals surface area contributed by atoms with Gasteiger partial charge >= 0.3 is 0 Å². The molecule has 1 heterocycles. The number of ether oxygens (including phenoxy) is 1. The Morgan fingerprint density at radius 2 is 1.96 bits per heavy atom. The Balaban J connectivity index is 2.62. The second kappa shape index (κ2) is 6.45. The summed E-state index contributed by atoms with van der Waals surface area (Å²) >= 11 is 0. The Bertz CT molecular complexity index is 818. The zero-order chi connectivity index (χ0) is 17.1. The van der Waals surface area contributed by atoms with Crippen molar-refractivity contribution in [2.75, 3.05) is 13.7 Å². The highest BCUT2D eigenvalue weighted by Gasteiger charge is 2.20. The average Bonchev–Trinajstić information content (AvgIpc) is 2.51. The smallest absolute Gasteiger partial charge is 0.238 e. The number of phenolic OH excluding ortho intramolecular Hbond substituents is 2. The molecular formula is C16H16O7. The fourth-order valence-corrected chi connectivity index (χ4v) is 2.06. The van der Waals surface area contributed by atoms with Crippen molar-refractivity contribution < 1.29 is 29.6 Å². The molecule has 4 N–H and O–H groups in total. The van der Waals surface area contributed by atoms with E-state index in [-0.39, 0.29) is 40.8 Å². The lowest BCUT2D eigenvalue weighted by atomic mass is 10.1. The van der Waals surface area contributed by atoms with E-state index >= 15 is 0 Å². The topological polar surface area (TPSA) is 120 Å². The molecule has 0 atom stereocenters. The molecule has 1 aromatic heterocycles. The molecule has 0 radical (unpaired) electrons.